The average Bonchev–Trinajstić information content (AvgIpc) is 2.06. The fourth-order valence-corrected chi connectivity index (χ4v) is 1.29. The summed E-state index contributed by atoms with van der Waals surface area (Å²) in [6.45, 7) is 5.55. The van der Waals surface area contributed by atoms with Crippen LogP contribution in [-0.2, 0) is 13.0 Å². The molecular formula is C10H16ClN. The molecular weight excluding hydrogens is 170 g/mol. The molecule has 0 saturated carbocycles. The van der Waals surface area contributed by atoms with Crippen LogP contribution in [0.2, 0.25) is 0 Å². The Morgan fingerprint density at radius 1 is 1.25 bits per heavy atom. The second-order valence-corrected chi connectivity index (χ2v) is 2.74. The number of nitrogens with zero attached hydrogens (tertiary/aromatic N) is 1. The van der Waals surface area contributed by atoms with Crippen molar-refractivity contribution in [3.63, 3.8) is 0 Å². The summed E-state index contributed by atoms with van der Waals surface area (Å²) in [5, 5.41) is 0. The predicted octanol–water partition coefficient (Wildman–Crippen LogP) is -1.05. The van der Waals surface area contributed by atoms with Crippen molar-refractivity contribution in [3.05, 3.63) is 30.1 Å². The molecule has 1 aromatic heterocycles. The zero-order chi connectivity index (χ0) is 8.10. The highest BCUT2D eigenvalue weighted by atomic mass is 35.5. The van der Waals surface area contributed by atoms with Crippen molar-refractivity contribution in [1.82, 2.24) is 0 Å². The van der Waals surface area contributed by atoms with Crippen molar-refractivity contribution in [2.45, 2.75) is 33.2 Å². The quantitative estimate of drug-likeness (QED) is 0.530. The third-order valence-electron chi connectivity index (χ3n) is 1.86. The van der Waals surface area contributed by atoms with Crippen LogP contribution in [0.25, 0.3) is 0 Å². The standard InChI is InChI=1S/C10H16N.ClH/c1-3-8-11-9-6-5-7-10(11)4-2;/h5-7,9H,3-4,8H2,1-2H3;1H/q+1;/p-1. The van der Waals surface area contributed by atoms with Crippen molar-refractivity contribution in [1.29, 1.82) is 0 Å². The van der Waals surface area contributed by atoms with E-state index in [0.717, 1.165) is 13.0 Å². The van der Waals surface area contributed by atoms with E-state index in [1.165, 1.54) is 12.1 Å². The first-order chi connectivity index (χ1) is 5.38. The monoisotopic (exact) mass is 185 g/mol. The molecule has 0 aliphatic carbocycles. The zero-order valence-electron chi connectivity index (χ0n) is 7.76. The predicted molar refractivity (Wildman–Crippen MR) is 46.3 cm³/mol. The lowest BCUT2D eigenvalue weighted by molar-refractivity contribution is -0.704. The SMILES string of the molecule is CCC[n+]1ccccc1CC.[Cl-]. The van der Waals surface area contributed by atoms with E-state index in [0.29, 0.717) is 0 Å². The summed E-state index contributed by atoms with van der Waals surface area (Å²) in [6.07, 6.45) is 4.49. The van der Waals surface area contributed by atoms with Gasteiger partial charge >= 0.3 is 0 Å². The molecule has 1 heterocycles. The van der Waals surface area contributed by atoms with E-state index in [1.807, 2.05) is 0 Å². The van der Waals surface area contributed by atoms with Gasteiger partial charge in [0.15, 0.2) is 11.9 Å². The van der Waals surface area contributed by atoms with Gasteiger partial charge in [-0.05, 0) is 0 Å². The lowest BCUT2D eigenvalue weighted by atomic mass is 10.3. The molecule has 0 N–H and O–H groups in total. The number of hydrogen-bond donors (Lipinski definition) is 0. The van der Waals surface area contributed by atoms with Crippen molar-refractivity contribution in [2.24, 2.45) is 0 Å². The summed E-state index contributed by atoms with van der Waals surface area (Å²) in [7, 11) is 0. The number of hydrogen-bond acceptors (Lipinski definition) is 0. The maximum Gasteiger partial charge on any atom is 0.181 e. The van der Waals surface area contributed by atoms with Crippen molar-refractivity contribution in [3.8, 4) is 0 Å². The van der Waals surface area contributed by atoms with Crippen LogP contribution in [0.15, 0.2) is 24.4 Å². The Balaban J connectivity index is 0.00000121. The van der Waals surface area contributed by atoms with Crippen LogP contribution < -0.4 is 17.0 Å². The van der Waals surface area contributed by atoms with Crippen LogP contribution in [0.4, 0.5) is 0 Å². The maximum absolute atomic E-state index is 2.32. The molecule has 0 spiro atoms. The van der Waals surface area contributed by atoms with Crippen LogP contribution >= 0.6 is 0 Å². The molecule has 0 aliphatic rings. The van der Waals surface area contributed by atoms with E-state index in [2.05, 4.69) is 42.8 Å². The van der Waals surface area contributed by atoms with E-state index in [1.54, 1.807) is 0 Å². The molecule has 0 saturated heterocycles. The van der Waals surface area contributed by atoms with Gasteiger partial charge in [0.25, 0.3) is 0 Å². The molecule has 0 amide bonds. The van der Waals surface area contributed by atoms with Gasteiger partial charge in [-0.1, -0.05) is 19.9 Å². The first kappa shape index (κ1) is 11.4. The molecule has 0 unspecified atom stereocenters. The highest BCUT2D eigenvalue weighted by Crippen LogP contribution is 1.92. The first-order valence-electron chi connectivity index (χ1n) is 4.35. The molecule has 2 heteroatoms. The minimum Gasteiger partial charge on any atom is -1.00 e. The van der Waals surface area contributed by atoms with Gasteiger partial charge in [0.1, 0.15) is 6.54 Å². The van der Waals surface area contributed by atoms with Crippen LogP contribution in [-0.4, -0.2) is 0 Å². The molecule has 0 aliphatic heterocycles. The van der Waals surface area contributed by atoms with Gasteiger partial charge in [0.05, 0.1) is 0 Å². The minimum absolute atomic E-state index is 0. The number of halogens is 1. The largest absolute Gasteiger partial charge is 1.00 e. The summed E-state index contributed by atoms with van der Waals surface area (Å²) < 4.78 is 2.32. The number of rotatable bonds is 3. The van der Waals surface area contributed by atoms with Gasteiger partial charge in [-0.25, -0.2) is 4.57 Å². The lowest BCUT2D eigenvalue weighted by Crippen LogP contribution is -3.00. The molecule has 68 valence electrons. The second kappa shape index (κ2) is 6.01. The fraction of sp³-hybridized carbons (Fsp3) is 0.500. The maximum atomic E-state index is 2.32. The highest BCUT2D eigenvalue weighted by molar-refractivity contribution is 4.96. The van der Waals surface area contributed by atoms with E-state index >= 15 is 0 Å². The molecule has 0 atom stereocenters. The Labute approximate surface area is 80.8 Å². The van der Waals surface area contributed by atoms with E-state index in [9.17, 15) is 0 Å². The molecule has 12 heavy (non-hydrogen) atoms. The normalized spacial score (nSPS) is 9.17. The Morgan fingerprint density at radius 3 is 2.58 bits per heavy atom. The van der Waals surface area contributed by atoms with Crippen LogP contribution in [0, 0.1) is 0 Å². The Morgan fingerprint density at radius 2 is 2.00 bits per heavy atom. The van der Waals surface area contributed by atoms with Gasteiger partial charge in [0.2, 0.25) is 0 Å². The third-order valence-corrected chi connectivity index (χ3v) is 1.86. The topological polar surface area (TPSA) is 3.88 Å². The number of pyridine rings is 1. The van der Waals surface area contributed by atoms with E-state index in [4.69, 9.17) is 0 Å². The molecule has 1 nitrogen and oxygen atoms in total. The first-order valence-corrected chi connectivity index (χ1v) is 4.35. The molecule has 0 radical (unpaired) electrons. The van der Waals surface area contributed by atoms with Crippen molar-refractivity contribution in [2.75, 3.05) is 0 Å². The van der Waals surface area contributed by atoms with Gasteiger partial charge in [-0.2, -0.15) is 0 Å². The van der Waals surface area contributed by atoms with Crippen LogP contribution in [0.5, 0.6) is 0 Å². The summed E-state index contributed by atoms with van der Waals surface area (Å²) in [5.41, 5.74) is 1.43. The van der Waals surface area contributed by atoms with E-state index in [-0.39, 0.29) is 12.4 Å². The van der Waals surface area contributed by atoms with Crippen molar-refractivity contribution < 1.29 is 17.0 Å². The molecule has 0 aromatic carbocycles. The van der Waals surface area contributed by atoms with Gasteiger partial charge in [-0.3, -0.25) is 0 Å². The third kappa shape index (κ3) is 2.82. The summed E-state index contributed by atoms with van der Waals surface area (Å²) in [4.78, 5) is 0. The Kier molecular flexibility index (Phi) is 5.73. The van der Waals surface area contributed by atoms with Crippen LogP contribution in [0.3, 0.4) is 0 Å². The van der Waals surface area contributed by atoms with Gasteiger partial charge in [0, 0.05) is 25.0 Å². The smallest absolute Gasteiger partial charge is 0.181 e. The number of aromatic nitrogens is 1. The fourth-order valence-electron chi connectivity index (χ4n) is 1.29. The minimum atomic E-state index is 0. The number of aryl methyl sites for hydroxylation is 2. The summed E-state index contributed by atoms with van der Waals surface area (Å²) in [6, 6.07) is 6.38. The zero-order valence-corrected chi connectivity index (χ0v) is 8.51. The Hall–Kier alpha value is -0.560. The van der Waals surface area contributed by atoms with Crippen LogP contribution in [0.1, 0.15) is 26.0 Å². The molecule has 1 aromatic rings. The van der Waals surface area contributed by atoms with Crippen molar-refractivity contribution >= 4 is 0 Å². The molecule has 1 rings (SSSR count). The molecule has 0 bridgehead atoms. The van der Waals surface area contributed by atoms with Gasteiger partial charge in [-0.15, -0.1) is 0 Å². The van der Waals surface area contributed by atoms with Gasteiger partial charge < -0.3 is 12.4 Å². The summed E-state index contributed by atoms with van der Waals surface area (Å²) >= 11 is 0. The van der Waals surface area contributed by atoms with E-state index < -0.39 is 0 Å². The Bertz CT molecular complexity index is 223. The second-order valence-electron chi connectivity index (χ2n) is 2.74. The summed E-state index contributed by atoms with van der Waals surface area (Å²) in [5.74, 6) is 0. The lowest BCUT2D eigenvalue weighted by Gasteiger charge is -1.98. The molecule has 0 fully saturated rings. The average molecular weight is 186 g/mol. The highest BCUT2D eigenvalue weighted by Gasteiger charge is 2.03.